The smallest absolute Gasteiger partial charge is 0.131 e. The minimum absolute atomic E-state index is 0.0937. The normalized spacial score (nSPS) is 23.3. The third-order valence-corrected chi connectivity index (χ3v) is 4.52. The summed E-state index contributed by atoms with van der Waals surface area (Å²) >= 11 is 5.86. The number of hydrogen-bond donors (Lipinski definition) is 1. The van der Waals surface area contributed by atoms with E-state index in [1.165, 1.54) is 19.3 Å². The number of hydrogen-bond acceptors (Lipinski definition) is 3. The van der Waals surface area contributed by atoms with Gasteiger partial charge in [0.05, 0.1) is 29.7 Å². The van der Waals surface area contributed by atoms with Crippen molar-refractivity contribution in [2.24, 2.45) is 5.92 Å². The Kier molecular flexibility index (Phi) is 4.22. The number of nitrogens with zero attached hydrogens (tertiary/aromatic N) is 3. The average Bonchev–Trinajstić information content (AvgIpc) is 2.83. The second-order valence-corrected chi connectivity index (χ2v) is 6.08. The van der Waals surface area contributed by atoms with E-state index in [1.807, 2.05) is 6.33 Å². The first kappa shape index (κ1) is 13.8. The maximum absolute atomic E-state index is 9.98. The molecule has 5 heteroatoms. The summed E-state index contributed by atoms with van der Waals surface area (Å²) in [7, 11) is 0. The minimum atomic E-state index is -0.0937. The van der Waals surface area contributed by atoms with E-state index in [0.717, 1.165) is 36.8 Å². The van der Waals surface area contributed by atoms with Gasteiger partial charge in [0.1, 0.15) is 5.15 Å². The Morgan fingerprint density at radius 3 is 3.00 bits per heavy atom. The Balaban J connectivity index is 1.59. The average molecular weight is 294 g/mol. The van der Waals surface area contributed by atoms with Gasteiger partial charge in [0, 0.05) is 12.6 Å². The van der Waals surface area contributed by atoms with Gasteiger partial charge in [-0.2, -0.15) is 0 Å². The number of aryl methyl sites for hydroxylation is 1. The molecule has 2 aromatic rings. The molecule has 0 aliphatic heterocycles. The number of imidazole rings is 1. The van der Waals surface area contributed by atoms with Crippen molar-refractivity contribution in [1.29, 1.82) is 0 Å². The SMILES string of the molecule is O[C@H]1CCCC[C@@H]1CCCn1cnc2cc(Cl)ncc21. The van der Waals surface area contributed by atoms with Gasteiger partial charge in [-0.3, -0.25) is 0 Å². The van der Waals surface area contributed by atoms with Crippen LogP contribution in [0.5, 0.6) is 0 Å². The van der Waals surface area contributed by atoms with Crippen LogP contribution in [0.1, 0.15) is 38.5 Å². The summed E-state index contributed by atoms with van der Waals surface area (Å²) in [5, 5.41) is 10.5. The largest absolute Gasteiger partial charge is 0.393 e. The molecule has 0 spiro atoms. The predicted octanol–water partition coefficient (Wildman–Crippen LogP) is 3.42. The minimum Gasteiger partial charge on any atom is -0.393 e. The van der Waals surface area contributed by atoms with E-state index < -0.39 is 0 Å². The third kappa shape index (κ3) is 2.96. The summed E-state index contributed by atoms with van der Waals surface area (Å²) in [6.45, 7) is 0.920. The molecule has 0 amide bonds. The summed E-state index contributed by atoms with van der Waals surface area (Å²) in [4.78, 5) is 8.46. The lowest BCUT2D eigenvalue weighted by Crippen LogP contribution is -2.24. The highest BCUT2D eigenvalue weighted by Gasteiger charge is 2.22. The molecule has 0 aromatic carbocycles. The first-order valence-corrected chi connectivity index (χ1v) is 7.76. The molecule has 1 N–H and O–H groups in total. The van der Waals surface area contributed by atoms with E-state index in [-0.39, 0.29) is 6.10 Å². The number of aliphatic hydroxyl groups is 1. The van der Waals surface area contributed by atoms with Crippen molar-refractivity contribution in [3.63, 3.8) is 0 Å². The molecule has 1 saturated carbocycles. The molecular weight excluding hydrogens is 274 g/mol. The molecule has 0 radical (unpaired) electrons. The standard InChI is InChI=1S/C15H20ClN3O/c16-15-8-12-13(9-17-15)19(10-18-12)7-3-5-11-4-1-2-6-14(11)20/h8-11,14,20H,1-7H2/t11-,14+/m1/s1. The van der Waals surface area contributed by atoms with Gasteiger partial charge in [-0.25, -0.2) is 9.97 Å². The monoisotopic (exact) mass is 293 g/mol. The fourth-order valence-corrected chi connectivity index (χ4v) is 3.31. The quantitative estimate of drug-likeness (QED) is 0.879. The number of fused-ring (bicyclic) bond motifs is 1. The van der Waals surface area contributed by atoms with E-state index in [9.17, 15) is 5.11 Å². The van der Waals surface area contributed by atoms with Gasteiger partial charge < -0.3 is 9.67 Å². The van der Waals surface area contributed by atoms with Crippen LogP contribution in [0.4, 0.5) is 0 Å². The predicted molar refractivity (Wildman–Crippen MR) is 79.7 cm³/mol. The Morgan fingerprint density at radius 1 is 1.30 bits per heavy atom. The molecule has 0 saturated heterocycles. The van der Waals surface area contributed by atoms with Crippen molar-refractivity contribution in [2.45, 2.75) is 51.2 Å². The van der Waals surface area contributed by atoms with Crippen LogP contribution >= 0.6 is 11.6 Å². The third-order valence-electron chi connectivity index (χ3n) is 4.32. The molecule has 3 rings (SSSR count). The fourth-order valence-electron chi connectivity index (χ4n) is 3.16. The molecule has 20 heavy (non-hydrogen) atoms. The molecular formula is C15H20ClN3O. The van der Waals surface area contributed by atoms with Crippen LogP contribution in [0.2, 0.25) is 5.15 Å². The van der Waals surface area contributed by atoms with Gasteiger partial charge in [0.25, 0.3) is 0 Å². The highest BCUT2D eigenvalue weighted by atomic mass is 35.5. The summed E-state index contributed by atoms with van der Waals surface area (Å²) in [6, 6.07) is 1.79. The van der Waals surface area contributed by atoms with E-state index in [4.69, 9.17) is 11.6 Å². The zero-order valence-electron chi connectivity index (χ0n) is 11.5. The van der Waals surface area contributed by atoms with Crippen LogP contribution in [0.15, 0.2) is 18.6 Å². The summed E-state index contributed by atoms with van der Waals surface area (Å²) in [6.07, 6.45) is 10.3. The second-order valence-electron chi connectivity index (χ2n) is 5.69. The lowest BCUT2D eigenvalue weighted by molar-refractivity contribution is 0.0637. The van der Waals surface area contributed by atoms with Crippen LogP contribution < -0.4 is 0 Å². The maximum Gasteiger partial charge on any atom is 0.131 e. The lowest BCUT2D eigenvalue weighted by Gasteiger charge is -2.27. The van der Waals surface area contributed by atoms with E-state index in [1.54, 1.807) is 12.3 Å². The molecule has 2 aromatic heterocycles. The summed E-state index contributed by atoms with van der Waals surface area (Å²) in [5.41, 5.74) is 1.92. The van der Waals surface area contributed by atoms with Gasteiger partial charge in [0.2, 0.25) is 0 Å². The van der Waals surface area contributed by atoms with Crippen molar-refractivity contribution in [1.82, 2.24) is 14.5 Å². The van der Waals surface area contributed by atoms with E-state index in [0.29, 0.717) is 11.1 Å². The molecule has 2 atom stereocenters. The summed E-state index contributed by atoms with van der Waals surface area (Å²) in [5.74, 6) is 0.478. The summed E-state index contributed by atoms with van der Waals surface area (Å²) < 4.78 is 2.12. The van der Waals surface area contributed by atoms with Gasteiger partial charge >= 0.3 is 0 Å². The van der Waals surface area contributed by atoms with Crippen molar-refractivity contribution in [3.05, 3.63) is 23.7 Å². The van der Waals surface area contributed by atoms with Crippen LogP contribution in [-0.4, -0.2) is 25.7 Å². The van der Waals surface area contributed by atoms with Crippen molar-refractivity contribution in [2.75, 3.05) is 0 Å². The first-order chi connectivity index (χ1) is 9.74. The topological polar surface area (TPSA) is 50.9 Å². The number of pyridine rings is 1. The molecule has 2 heterocycles. The van der Waals surface area contributed by atoms with Crippen LogP contribution in [-0.2, 0) is 6.54 Å². The van der Waals surface area contributed by atoms with Crippen LogP contribution in [0.3, 0.4) is 0 Å². The molecule has 1 aliphatic rings. The Hall–Kier alpha value is -1.13. The number of rotatable bonds is 4. The highest BCUT2D eigenvalue weighted by molar-refractivity contribution is 6.29. The fraction of sp³-hybridized carbons (Fsp3) is 0.600. The molecule has 1 aliphatic carbocycles. The van der Waals surface area contributed by atoms with Gasteiger partial charge in [-0.05, 0) is 31.6 Å². The van der Waals surface area contributed by atoms with Crippen molar-refractivity contribution >= 4 is 22.6 Å². The molecule has 108 valence electrons. The van der Waals surface area contributed by atoms with Gasteiger partial charge in [-0.15, -0.1) is 0 Å². The van der Waals surface area contributed by atoms with E-state index >= 15 is 0 Å². The molecule has 1 fully saturated rings. The number of halogens is 1. The molecule has 0 bridgehead atoms. The Bertz CT molecular complexity index is 584. The Labute approximate surface area is 123 Å². The van der Waals surface area contributed by atoms with Gasteiger partial charge in [0.15, 0.2) is 0 Å². The second kappa shape index (κ2) is 6.10. The molecule has 0 unspecified atom stereocenters. The zero-order chi connectivity index (χ0) is 13.9. The van der Waals surface area contributed by atoms with Crippen molar-refractivity contribution in [3.8, 4) is 0 Å². The maximum atomic E-state index is 9.98. The number of aromatic nitrogens is 3. The zero-order valence-corrected chi connectivity index (χ0v) is 12.3. The van der Waals surface area contributed by atoms with E-state index in [2.05, 4.69) is 14.5 Å². The molecule has 4 nitrogen and oxygen atoms in total. The van der Waals surface area contributed by atoms with Crippen LogP contribution in [0, 0.1) is 5.92 Å². The van der Waals surface area contributed by atoms with Gasteiger partial charge in [-0.1, -0.05) is 24.4 Å². The van der Waals surface area contributed by atoms with Crippen molar-refractivity contribution < 1.29 is 5.11 Å². The lowest BCUT2D eigenvalue weighted by atomic mass is 9.83. The first-order valence-electron chi connectivity index (χ1n) is 7.38. The Morgan fingerprint density at radius 2 is 2.15 bits per heavy atom. The highest BCUT2D eigenvalue weighted by Crippen LogP contribution is 2.28. The van der Waals surface area contributed by atoms with Crippen LogP contribution in [0.25, 0.3) is 11.0 Å². The number of aliphatic hydroxyl groups excluding tert-OH is 1.